The maximum Gasteiger partial charge on any atom is 0.291 e. The molecule has 118 valence electrons. The molecule has 0 saturated carbocycles. The summed E-state index contributed by atoms with van der Waals surface area (Å²) in [7, 11) is 0. The van der Waals surface area contributed by atoms with Crippen LogP contribution in [0.2, 0.25) is 0 Å². The first-order chi connectivity index (χ1) is 11.8. The summed E-state index contributed by atoms with van der Waals surface area (Å²) in [6, 6.07) is 17.7. The van der Waals surface area contributed by atoms with Crippen LogP contribution in [0.25, 0.3) is 11.0 Å². The fraction of sp³-hybridized carbons (Fsp3) is 0.0556. The lowest BCUT2D eigenvalue weighted by Gasteiger charge is -2.06. The first-order valence-electron chi connectivity index (χ1n) is 7.41. The monoisotopic (exact) mass is 335 g/mol. The molecule has 24 heavy (non-hydrogen) atoms. The molecule has 0 saturated heterocycles. The fourth-order valence-corrected chi connectivity index (χ4v) is 3.21. The molecular weight excluding hydrogens is 322 g/mol. The number of rotatable bonds is 4. The van der Waals surface area contributed by atoms with Crippen LogP contribution in [0.1, 0.15) is 11.1 Å². The summed E-state index contributed by atoms with van der Waals surface area (Å²) >= 11 is 1.33. The van der Waals surface area contributed by atoms with E-state index in [1.54, 1.807) is 0 Å². The number of ether oxygens (including phenoxy) is 1. The minimum absolute atomic E-state index is 0.142. The molecule has 5 nitrogen and oxygen atoms in total. The van der Waals surface area contributed by atoms with Crippen LogP contribution in [-0.2, 0) is 6.61 Å². The average Bonchev–Trinajstić information content (AvgIpc) is 3.19. The maximum atomic E-state index is 12.1. The van der Waals surface area contributed by atoms with E-state index in [1.165, 1.54) is 22.2 Å². The Kier molecular flexibility index (Phi) is 3.80. The second kappa shape index (κ2) is 6.25. The molecular formula is C18H13N3O2S. The number of hydrogen-bond donors (Lipinski definition) is 0. The SMILES string of the molecule is O=c1c(=Cc2ccc(OCc3ccccc3)cc2)sc2ncnn12. The lowest BCUT2D eigenvalue weighted by Crippen LogP contribution is -2.23. The van der Waals surface area contributed by atoms with E-state index in [1.807, 2.05) is 60.7 Å². The van der Waals surface area contributed by atoms with Gasteiger partial charge in [-0.2, -0.15) is 9.61 Å². The van der Waals surface area contributed by atoms with Gasteiger partial charge in [-0.3, -0.25) is 4.79 Å². The molecule has 4 aromatic rings. The van der Waals surface area contributed by atoms with Gasteiger partial charge in [-0.1, -0.05) is 53.8 Å². The van der Waals surface area contributed by atoms with E-state index in [0.29, 0.717) is 16.1 Å². The van der Waals surface area contributed by atoms with E-state index in [-0.39, 0.29) is 5.56 Å². The van der Waals surface area contributed by atoms with E-state index in [9.17, 15) is 4.79 Å². The Morgan fingerprint density at radius 1 is 1.08 bits per heavy atom. The fourth-order valence-electron chi connectivity index (χ4n) is 2.33. The normalized spacial score (nSPS) is 11.9. The highest BCUT2D eigenvalue weighted by Gasteiger charge is 2.05. The molecule has 0 aliphatic carbocycles. The van der Waals surface area contributed by atoms with Gasteiger partial charge in [-0.25, -0.2) is 4.98 Å². The molecule has 0 fully saturated rings. The highest BCUT2D eigenvalue weighted by Crippen LogP contribution is 2.14. The third-order valence-corrected chi connectivity index (χ3v) is 4.52. The predicted octanol–water partition coefficient (Wildman–Crippen LogP) is 2.28. The number of aromatic nitrogens is 3. The summed E-state index contributed by atoms with van der Waals surface area (Å²) in [4.78, 5) is 16.8. The first-order valence-corrected chi connectivity index (χ1v) is 8.22. The van der Waals surface area contributed by atoms with Crippen molar-refractivity contribution in [3.8, 4) is 5.75 Å². The summed E-state index contributed by atoms with van der Waals surface area (Å²) < 4.78 is 7.69. The Morgan fingerprint density at radius 2 is 1.88 bits per heavy atom. The lowest BCUT2D eigenvalue weighted by atomic mass is 10.2. The molecule has 0 amide bonds. The first kappa shape index (κ1) is 14.6. The second-order valence-electron chi connectivity index (χ2n) is 5.21. The molecule has 0 radical (unpaired) electrons. The van der Waals surface area contributed by atoms with Crippen molar-refractivity contribution in [3.05, 3.63) is 86.9 Å². The van der Waals surface area contributed by atoms with Crippen LogP contribution in [0.4, 0.5) is 0 Å². The van der Waals surface area contributed by atoms with Crippen LogP contribution in [0.15, 0.2) is 65.7 Å². The van der Waals surface area contributed by atoms with E-state index in [4.69, 9.17) is 4.74 Å². The van der Waals surface area contributed by atoms with Crippen LogP contribution in [0.5, 0.6) is 5.75 Å². The summed E-state index contributed by atoms with van der Waals surface area (Å²) in [5, 5.41) is 3.91. The molecule has 0 aliphatic heterocycles. The van der Waals surface area contributed by atoms with Gasteiger partial charge >= 0.3 is 0 Å². The van der Waals surface area contributed by atoms with Gasteiger partial charge in [-0.05, 0) is 29.3 Å². The van der Waals surface area contributed by atoms with Crippen LogP contribution < -0.4 is 14.8 Å². The quantitative estimate of drug-likeness (QED) is 0.574. The third kappa shape index (κ3) is 2.91. The van der Waals surface area contributed by atoms with Crippen molar-refractivity contribution in [2.75, 3.05) is 0 Å². The third-order valence-electron chi connectivity index (χ3n) is 3.55. The van der Waals surface area contributed by atoms with Gasteiger partial charge in [0.2, 0.25) is 4.96 Å². The van der Waals surface area contributed by atoms with Gasteiger partial charge in [0.15, 0.2) is 0 Å². The standard InChI is InChI=1S/C18H13N3O2S/c22-17-16(24-18-19-12-20-21(17)18)10-13-6-8-15(9-7-13)23-11-14-4-2-1-3-5-14/h1-10,12H,11H2. The molecule has 0 aliphatic rings. The van der Waals surface area contributed by atoms with Crippen LogP contribution in [0, 0.1) is 0 Å². The number of thiazole rings is 1. The molecule has 0 atom stereocenters. The van der Waals surface area contributed by atoms with Gasteiger partial charge in [0.05, 0.1) is 4.53 Å². The van der Waals surface area contributed by atoms with Crippen molar-refractivity contribution < 1.29 is 4.74 Å². The van der Waals surface area contributed by atoms with Crippen LogP contribution in [0.3, 0.4) is 0 Å². The van der Waals surface area contributed by atoms with Crippen LogP contribution >= 0.6 is 11.3 Å². The second-order valence-corrected chi connectivity index (χ2v) is 6.22. The maximum absolute atomic E-state index is 12.1. The zero-order valence-corrected chi connectivity index (χ0v) is 13.4. The van der Waals surface area contributed by atoms with E-state index in [2.05, 4.69) is 10.1 Å². The summed E-state index contributed by atoms with van der Waals surface area (Å²) in [5.74, 6) is 0.793. The molecule has 2 aromatic heterocycles. The van der Waals surface area contributed by atoms with Crippen molar-refractivity contribution in [1.29, 1.82) is 0 Å². The molecule has 2 aromatic carbocycles. The smallest absolute Gasteiger partial charge is 0.291 e. The largest absolute Gasteiger partial charge is 0.489 e. The summed E-state index contributed by atoms with van der Waals surface area (Å²) in [6.07, 6.45) is 3.22. The van der Waals surface area contributed by atoms with Gasteiger partial charge in [-0.15, -0.1) is 0 Å². The minimum Gasteiger partial charge on any atom is -0.489 e. The number of benzene rings is 2. The van der Waals surface area contributed by atoms with E-state index in [0.717, 1.165) is 16.9 Å². The molecule has 0 spiro atoms. The molecule has 6 heteroatoms. The van der Waals surface area contributed by atoms with Gasteiger partial charge in [0.25, 0.3) is 5.56 Å². The van der Waals surface area contributed by atoms with Crippen molar-refractivity contribution in [3.63, 3.8) is 0 Å². The number of nitrogens with zero attached hydrogens (tertiary/aromatic N) is 3. The van der Waals surface area contributed by atoms with Gasteiger partial charge in [0.1, 0.15) is 18.7 Å². The van der Waals surface area contributed by atoms with Crippen molar-refractivity contribution in [2.45, 2.75) is 6.61 Å². The van der Waals surface area contributed by atoms with Crippen molar-refractivity contribution in [2.24, 2.45) is 0 Å². The van der Waals surface area contributed by atoms with Gasteiger partial charge < -0.3 is 4.74 Å². The Bertz CT molecular complexity index is 1070. The molecule has 4 rings (SSSR count). The Balaban J connectivity index is 1.53. The summed E-state index contributed by atoms with van der Waals surface area (Å²) in [6.45, 7) is 0.530. The Hall–Kier alpha value is -2.99. The Morgan fingerprint density at radius 3 is 2.62 bits per heavy atom. The molecule has 2 heterocycles. The zero-order valence-electron chi connectivity index (χ0n) is 12.6. The Labute approximate surface area is 141 Å². The topological polar surface area (TPSA) is 56.5 Å². The zero-order chi connectivity index (χ0) is 16.4. The average molecular weight is 335 g/mol. The lowest BCUT2D eigenvalue weighted by molar-refractivity contribution is 0.306. The molecule has 0 unspecified atom stereocenters. The molecule has 0 N–H and O–H groups in total. The van der Waals surface area contributed by atoms with Crippen LogP contribution in [-0.4, -0.2) is 14.6 Å². The summed E-state index contributed by atoms with van der Waals surface area (Å²) in [5.41, 5.74) is 1.92. The van der Waals surface area contributed by atoms with E-state index < -0.39 is 0 Å². The van der Waals surface area contributed by atoms with Crippen molar-refractivity contribution in [1.82, 2.24) is 14.6 Å². The number of fused-ring (bicyclic) bond motifs is 1. The predicted molar refractivity (Wildman–Crippen MR) is 93.1 cm³/mol. The highest BCUT2D eigenvalue weighted by atomic mass is 32.1. The van der Waals surface area contributed by atoms with E-state index >= 15 is 0 Å². The minimum atomic E-state index is -0.142. The highest BCUT2D eigenvalue weighted by molar-refractivity contribution is 7.15. The number of hydrogen-bond acceptors (Lipinski definition) is 5. The molecule has 0 bridgehead atoms. The van der Waals surface area contributed by atoms with Gasteiger partial charge in [0, 0.05) is 0 Å². The van der Waals surface area contributed by atoms with Crippen molar-refractivity contribution >= 4 is 22.4 Å².